The number of amides is 1. The van der Waals surface area contributed by atoms with Crippen LogP contribution in [0.15, 0.2) is 0 Å². The van der Waals surface area contributed by atoms with Gasteiger partial charge in [0.2, 0.25) is 0 Å². The number of nitrogens with zero attached hydrogens (tertiary/aromatic N) is 1. The highest BCUT2D eigenvalue weighted by atomic mass is 16.4. The van der Waals surface area contributed by atoms with Crippen LogP contribution in [0.1, 0.15) is 19.8 Å². The first-order chi connectivity index (χ1) is 6.02. The Kier molecular flexibility index (Phi) is 2.75. The number of likely N-dealkylation sites (tertiary alicyclic amines) is 1. The highest BCUT2D eigenvalue weighted by Gasteiger charge is 2.31. The minimum Gasteiger partial charge on any atom is -0.481 e. The standard InChI is InChI=1S/C8H13NO4/c1-5-4-6(7(10)11)2-3-9(5)8(12)13/h5-6H,2-4H2,1H3,(H,10,11)(H,12,13). The van der Waals surface area contributed by atoms with Crippen LogP contribution in [0.3, 0.4) is 0 Å². The van der Waals surface area contributed by atoms with Gasteiger partial charge in [0.25, 0.3) is 0 Å². The van der Waals surface area contributed by atoms with E-state index in [0.29, 0.717) is 19.4 Å². The van der Waals surface area contributed by atoms with Gasteiger partial charge in [0, 0.05) is 12.6 Å². The summed E-state index contributed by atoms with van der Waals surface area (Å²) in [7, 11) is 0. The van der Waals surface area contributed by atoms with Gasteiger partial charge in [-0.2, -0.15) is 0 Å². The van der Waals surface area contributed by atoms with Crippen molar-refractivity contribution < 1.29 is 19.8 Å². The maximum Gasteiger partial charge on any atom is 0.407 e. The third kappa shape index (κ3) is 2.11. The molecular formula is C8H13NO4. The Morgan fingerprint density at radius 2 is 2.00 bits per heavy atom. The van der Waals surface area contributed by atoms with Gasteiger partial charge in [0.1, 0.15) is 0 Å². The van der Waals surface area contributed by atoms with Gasteiger partial charge < -0.3 is 15.1 Å². The Morgan fingerprint density at radius 1 is 1.38 bits per heavy atom. The highest BCUT2D eigenvalue weighted by Crippen LogP contribution is 2.22. The lowest BCUT2D eigenvalue weighted by atomic mass is 9.92. The van der Waals surface area contributed by atoms with E-state index in [1.54, 1.807) is 6.92 Å². The Morgan fingerprint density at radius 3 is 2.38 bits per heavy atom. The van der Waals surface area contributed by atoms with Crippen molar-refractivity contribution in [2.24, 2.45) is 5.92 Å². The zero-order valence-corrected chi connectivity index (χ0v) is 7.43. The van der Waals surface area contributed by atoms with Crippen molar-refractivity contribution >= 4 is 12.1 Å². The number of hydrogen-bond donors (Lipinski definition) is 2. The van der Waals surface area contributed by atoms with Crippen LogP contribution in [0.4, 0.5) is 4.79 Å². The van der Waals surface area contributed by atoms with E-state index >= 15 is 0 Å². The molecule has 1 aliphatic rings. The van der Waals surface area contributed by atoms with E-state index in [2.05, 4.69) is 0 Å². The summed E-state index contributed by atoms with van der Waals surface area (Å²) in [6.45, 7) is 2.07. The third-order valence-corrected chi connectivity index (χ3v) is 2.47. The number of carboxylic acid groups (broad SMARTS) is 2. The number of piperidine rings is 1. The van der Waals surface area contributed by atoms with E-state index < -0.39 is 12.1 Å². The Labute approximate surface area is 76.0 Å². The number of rotatable bonds is 1. The van der Waals surface area contributed by atoms with Crippen LogP contribution in [0.2, 0.25) is 0 Å². The largest absolute Gasteiger partial charge is 0.481 e. The molecule has 74 valence electrons. The second kappa shape index (κ2) is 3.64. The van der Waals surface area contributed by atoms with Crippen LogP contribution in [0.25, 0.3) is 0 Å². The van der Waals surface area contributed by atoms with E-state index in [1.807, 2.05) is 0 Å². The van der Waals surface area contributed by atoms with Crippen molar-refractivity contribution in [3.8, 4) is 0 Å². The van der Waals surface area contributed by atoms with Crippen LogP contribution in [-0.4, -0.2) is 39.8 Å². The molecule has 0 aromatic carbocycles. The first kappa shape index (κ1) is 9.83. The molecule has 2 unspecified atom stereocenters. The molecule has 1 rings (SSSR count). The summed E-state index contributed by atoms with van der Waals surface area (Å²) < 4.78 is 0. The van der Waals surface area contributed by atoms with Crippen LogP contribution < -0.4 is 0 Å². The van der Waals surface area contributed by atoms with Gasteiger partial charge in [-0.15, -0.1) is 0 Å². The normalized spacial score (nSPS) is 28.5. The molecule has 0 aliphatic carbocycles. The number of carboxylic acids is 1. The first-order valence-electron chi connectivity index (χ1n) is 4.24. The second-order valence-electron chi connectivity index (χ2n) is 3.38. The predicted octanol–water partition coefficient (Wildman–Crippen LogP) is 0.850. The second-order valence-corrected chi connectivity index (χ2v) is 3.38. The Hall–Kier alpha value is -1.26. The lowest BCUT2D eigenvalue weighted by Gasteiger charge is -2.33. The molecule has 0 aromatic heterocycles. The number of hydrogen-bond acceptors (Lipinski definition) is 2. The summed E-state index contributed by atoms with van der Waals surface area (Å²) >= 11 is 0. The van der Waals surface area contributed by atoms with E-state index in [1.165, 1.54) is 4.90 Å². The first-order valence-corrected chi connectivity index (χ1v) is 4.24. The van der Waals surface area contributed by atoms with Crippen LogP contribution >= 0.6 is 0 Å². The summed E-state index contributed by atoms with van der Waals surface area (Å²) in [6.07, 6.45) is -0.121. The molecule has 1 aliphatic heterocycles. The van der Waals surface area contributed by atoms with Crippen LogP contribution in [0.5, 0.6) is 0 Å². The SMILES string of the molecule is CC1CC(C(=O)O)CCN1C(=O)O. The average molecular weight is 187 g/mol. The van der Waals surface area contributed by atoms with Gasteiger partial charge in [0.05, 0.1) is 5.92 Å². The summed E-state index contributed by atoms with van der Waals surface area (Å²) in [5, 5.41) is 17.4. The van der Waals surface area contributed by atoms with Crippen molar-refractivity contribution in [1.29, 1.82) is 0 Å². The topological polar surface area (TPSA) is 77.8 Å². The quantitative estimate of drug-likeness (QED) is 0.637. The van der Waals surface area contributed by atoms with Crippen LogP contribution in [0, 0.1) is 5.92 Å². The van der Waals surface area contributed by atoms with Crippen molar-refractivity contribution in [3.05, 3.63) is 0 Å². The molecule has 0 aromatic rings. The van der Waals surface area contributed by atoms with E-state index in [-0.39, 0.29) is 12.0 Å². The summed E-state index contributed by atoms with van der Waals surface area (Å²) in [4.78, 5) is 22.5. The number of aliphatic carboxylic acids is 1. The monoisotopic (exact) mass is 187 g/mol. The molecule has 2 N–H and O–H groups in total. The van der Waals surface area contributed by atoms with E-state index in [0.717, 1.165) is 0 Å². The lowest BCUT2D eigenvalue weighted by Crippen LogP contribution is -2.45. The maximum absolute atomic E-state index is 10.6. The van der Waals surface area contributed by atoms with Crippen molar-refractivity contribution in [2.75, 3.05) is 6.54 Å². The zero-order chi connectivity index (χ0) is 10.0. The average Bonchev–Trinajstić information content (AvgIpc) is 2.03. The fraction of sp³-hybridized carbons (Fsp3) is 0.750. The molecule has 0 radical (unpaired) electrons. The van der Waals surface area contributed by atoms with Gasteiger partial charge >= 0.3 is 12.1 Å². The molecule has 5 heteroatoms. The molecule has 1 heterocycles. The summed E-state index contributed by atoms with van der Waals surface area (Å²) in [6, 6.07) is -0.188. The summed E-state index contributed by atoms with van der Waals surface area (Å²) in [5.74, 6) is -1.21. The van der Waals surface area contributed by atoms with Crippen LogP contribution in [-0.2, 0) is 4.79 Å². The number of carbonyl (C=O) groups is 2. The van der Waals surface area contributed by atoms with Gasteiger partial charge in [-0.05, 0) is 19.8 Å². The highest BCUT2D eigenvalue weighted by molar-refractivity contribution is 5.71. The maximum atomic E-state index is 10.6. The van der Waals surface area contributed by atoms with E-state index in [4.69, 9.17) is 10.2 Å². The van der Waals surface area contributed by atoms with Gasteiger partial charge in [0.15, 0.2) is 0 Å². The Bertz CT molecular complexity index is 228. The van der Waals surface area contributed by atoms with Crippen molar-refractivity contribution in [2.45, 2.75) is 25.8 Å². The molecule has 0 saturated carbocycles. The molecular weight excluding hydrogens is 174 g/mol. The molecule has 2 atom stereocenters. The molecule has 0 spiro atoms. The third-order valence-electron chi connectivity index (χ3n) is 2.47. The minimum atomic E-state index is -0.962. The van der Waals surface area contributed by atoms with Gasteiger partial charge in [-0.1, -0.05) is 0 Å². The summed E-state index contributed by atoms with van der Waals surface area (Å²) in [5.41, 5.74) is 0. The Balaban J connectivity index is 2.56. The van der Waals surface area contributed by atoms with E-state index in [9.17, 15) is 9.59 Å². The predicted molar refractivity (Wildman–Crippen MR) is 44.6 cm³/mol. The molecule has 13 heavy (non-hydrogen) atoms. The fourth-order valence-corrected chi connectivity index (χ4v) is 1.68. The molecule has 1 saturated heterocycles. The van der Waals surface area contributed by atoms with Gasteiger partial charge in [-0.25, -0.2) is 4.79 Å². The zero-order valence-electron chi connectivity index (χ0n) is 7.43. The van der Waals surface area contributed by atoms with Gasteiger partial charge in [-0.3, -0.25) is 4.79 Å². The molecule has 0 bridgehead atoms. The minimum absolute atomic E-state index is 0.188. The van der Waals surface area contributed by atoms with Crippen molar-refractivity contribution in [1.82, 2.24) is 4.90 Å². The fourth-order valence-electron chi connectivity index (χ4n) is 1.68. The lowest BCUT2D eigenvalue weighted by molar-refractivity contribution is -0.143. The smallest absolute Gasteiger partial charge is 0.407 e. The molecule has 1 amide bonds. The van der Waals surface area contributed by atoms with Crippen molar-refractivity contribution in [3.63, 3.8) is 0 Å². The molecule has 1 fully saturated rings. The molecule has 5 nitrogen and oxygen atoms in total.